The molecule has 0 bridgehead atoms. The second-order valence-corrected chi connectivity index (χ2v) is 6.12. The summed E-state index contributed by atoms with van der Waals surface area (Å²) < 4.78 is 38.1. The molecule has 0 unspecified atom stereocenters. The molecule has 2 rings (SSSR count). The van der Waals surface area contributed by atoms with E-state index in [1.54, 1.807) is 0 Å². The van der Waals surface area contributed by atoms with Crippen LogP contribution in [0.25, 0.3) is 0 Å². The van der Waals surface area contributed by atoms with Crippen LogP contribution in [0, 0.1) is 5.82 Å². The summed E-state index contributed by atoms with van der Waals surface area (Å²) in [4.78, 5) is 10.3. The van der Waals surface area contributed by atoms with Crippen molar-refractivity contribution in [3.05, 3.63) is 51.0 Å². The molecule has 1 N–H and O–H groups in total. The zero-order valence-corrected chi connectivity index (χ0v) is 11.1. The second-order valence-electron chi connectivity index (χ2n) is 3.34. The molecule has 94 valence electrons. The lowest BCUT2D eigenvalue weighted by Gasteiger charge is -2.04. The van der Waals surface area contributed by atoms with E-state index >= 15 is 0 Å². The van der Waals surface area contributed by atoms with E-state index in [4.69, 9.17) is 0 Å². The van der Waals surface area contributed by atoms with Crippen molar-refractivity contribution in [3.8, 4) is 0 Å². The zero-order valence-electron chi connectivity index (χ0n) is 8.72. The number of rotatable bonds is 2. The number of hydrogen-bond acceptors (Lipinski definition) is 4. The quantitative estimate of drug-likeness (QED) is 0.903. The monoisotopic (exact) mass is 332 g/mol. The number of nitrogens with zero attached hydrogens (tertiary/aromatic N) is 1. The summed E-state index contributed by atoms with van der Waals surface area (Å²) >= 11 is 3.03. The van der Waals surface area contributed by atoms with E-state index in [0.29, 0.717) is 4.47 Å². The molecule has 2 aromatic rings. The molecule has 8 heteroatoms. The molecule has 5 nitrogen and oxygen atoms in total. The fraction of sp³-hybridized carbons (Fsp3) is 0. The summed E-state index contributed by atoms with van der Waals surface area (Å²) in [5.74, 6) is -0.891. The fourth-order valence-electron chi connectivity index (χ4n) is 1.29. The van der Waals surface area contributed by atoms with E-state index in [9.17, 15) is 17.6 Å². The van der Waals surface area contributed by atoms with Crippen LogP contribution >= 0.6 is 15.9 Å². The third-order valence-electron chi connectivity index (χ3n) is 2.11. The topological polar surface area (TPSA) is 79.9 Å². The molecule has 0 fully saturated rings. The first-order valence-corrected chi connectivity index (χ1v) is 6.95. The average Bonchev–Trinajstić information content (AvgIpc) is 2.29. The van der Waals surface area contributed by atoms with Gasteiger partial charge in [0.2, 0.25) is 9.84 Å². The molecule has 1 heterocycles. The van der Waals surface area contributed by atoms with Crippen molar-refractivity contribution >= 4 is 25.8 Å². The van der Waals surface area contributed by atoms with Crippen molar-refractivity contribution in [1.29, 1.82) is 0 Å². The highest BCUT2D eigenvalue weighted by atomic mass is 79.9. The number of benzene rings is 1. The van der Waals surface area contributed by atoms with E-state index in [0.717, 1.165) is 24.3 Å². The SMILES string of the molecule is O=c1ccc(S(=O)(=O)c2ccc(Br)cc2F)n[nH]1. The molecule has 0 aliphatic rings. The predicted octanol–water partition coefficient (Wildman–Crippen LogP) is 1.50. The summed E-state index contributed by atoms with van der Waals surface area (Å²) in [5.41, 5.74) is -0.537. The maximum atomic E-state index is 13.6. The lowest BCUT2D eigenvalue weighted by Crippen LogP contribution is -2.12. The molecule has 1 aromatic carbocycles. The number of hydrogen-bond donors (Lipinski definition) is 1. The molecular formula is C10H6BrFN2O3S. The van der Waals surface area contributed by atoms with Gasteiger partial charge in [-0.1, -0.05) is 15.9 Å². The first kappa shape index (κ1) is 12.9. The van der Waals surface area contributed by atoms with Gasteiger partial charge < -0.3 is 0 Å². The largest absolute Gasteiger partial charge is 0.268 e. The molecule has 1 aromatic heterocycles. The molecule has 0 amide bonds. The Bertz CT molecular complexity index is 737. The Hall–Kier alpha value is -1.54. The molecule has 0 atom stereocenters. The Morgan fingerprint density at radius 1 is 1.22 bits per heavy atom. The van der Waals surface area contributed by atoms with Crippen molar-refractivity contribution in [2.75, 3.05) is 0 Å². The van der Waals surface area contributed by atoms with Crippen molar-refractivity contribution in [1.82, 2.24) is 10.2 Å². The first-order chi connectivity index (χ1) is 8.41. The van der Waals surface area contributed by atoms with Crippen LogP contribution in [-0.2, 0) is 9.84 Å². The highest BCUT2D eigenvalue weighted by Crippen LogP contribution is 2.23. The zero-order chi connectivity index (χ0) is 13.3. The van der Waals surface area contributed by atoms with E-state index in [1.807, 2.05) is 5.10 Å². The van der Waals surface area contributed by atoms with Crippen LogP contribution in [0.15, 0.2) is 49.5 Å². The number of halogens is 2. The minimum atomic E-state index is -4.08. The number of aromatic amines is 1. The van der Waals surface area contributed by atoms with Gasteiger partial charge in [0.15, 0.2) is 5.03 Å². The molecule has 18 heavy (non-hydrogen) atoms. The van der Waals surface area contributed by atoms with Crippen molar-refractivity contribution < 1.29 is 12.8 Å². The summed E-state index contributed by atoms with van der Waals surface area (Å²) in [7, 11) is -4.08. The van der Waals surface area contributed by atoms with E-state index < -0.39 is 31.1 Å². The van der Waals surface area contributed by atoms with E-state index in [-0.39, 0.29) is 0 Å². The smallest absolute Gasteiger partial charge is 0.264 e. The number of H-pyrrole nitrogens is 1. The van der Waals surface area contributed by atoms with Crippen LogP contribution in [0.1, 0.15) is 0 Å². The third kappa shape index (κ3) is 2.34. The molecule has 0 spiro atoms. The van der Waals surface area contributed by atoms with Crippen molar-refractivity contribution in [2.45, 2.75) is 9.92 Å². The van der Waals surface area contributed by atoms with E-state index in [2.05, 4.69) is 21.0 Å². The van der Waals surface area contributed by atoms with Gasteiger partial charge in [0.1, 0.15) is 10.7 Å². The Morgan fingerprint density at radius 3 is 2.50 bits per heavy atom. The van der Waals surface area contributed by atoms with Gasteiger partial charge in [-0.3, -0.25) is 4.79 Å². The van der Waals surface area contributed by atoms with Crippen LogP contribution in [-0.4, -0.2) is 18.6 Å². The number of aromatic nitrogens is 2. The minimum Gasteiger partial charge on any atom is -0.268 e. The molecule has 0 aliphatic carbocycles. The van der Waals surface area contributed by atoms with Gasteiger partial charge in [-0.2, -0.15) is 5.10 Å². The van der Waals surface area contributed by atoms with Gasteiger partial charge in [-0.05, 0) is 24.3 Å². The predicted molar refractivity (Wildman–Crippen MR) is 64.4 cm³/mol. The second kappa shape index (κ2) is 4.62. The lowest BCUT2D eigenvalue weighted by molar-refractivity contribution is 0.562. The third-order valence-corrected chi connectivity index (χ3v) is 4.29. The number of sulfone groups is 1. The van der Waals surface area contributed by atoms with Gasteiger partial charge in [0.25, 0.3) is 5.56 Å². The lowest BCUT2D eigenvalue weighted by atomic mass is 10.3. The van der Waals surface area contributed by atoms with Gasteiger partial charge in [-0.25, -0.2) is 17.9 Å². The molecular weight excluding hydrogens is 327 g/mol. The Morgan fingerprint density at radius 2 is 1.94 bits per heavy atom. The fourth-order valence-corrected chi connectivity index (χ4v) is 2.82. The summed E-state index contributed by atoms with van der Waals surface area (Å²) in [6.07, 6.45) is 0. The van der Waals surface area contributed by atoms with Crippen LogP contribution in [0.2, 0.25) is 0 Å². The molecule has 0 saturated carbocycles. The summed E-state index contributed by atoms with van der Waals surface area (Å²) in [6.45, 7) is 0. The Balaban J connectivity index is 2.61. The maximum absolute atomic E-state index is 13.6. The van der Waals surface area contributed by atoms with Gasteiger partial charge in [-0.15, -0.1) is 0 Å². The number of nitrogens with one attached hydrogen (secondary N) is 1. The molecule has 0 aliphatic heterocycles. The highest BCUT2D eigenvalue weighted by molar-refractivity contribution is 9.10. The first-order valence-electron chi connectivity index (χ1n) is 4.67. The summed E-state index contributed by atoms with van der Waals surface area (Å²) in [6, 6.07) is 5.61. The van der Waals surface area contributed by atoms with E-state index in [1.165, 1.54) is 6.07 Å². The van der Waals surface area contributed by atoms with Gasteiger partial charge in [0, 0.05) is 10.5 Å². The van der Waals surface area contributed by atoms with Crippen LogP contribution in [0.3, 0.4) is 0 Å². The molecule has 0 saturated heterocycles. The van der Waals surface area contributed by atoms with Crippen LogP contribution in [0.5, 0.6) is 0 Å². The average molecular weight is 333 g/mol. The Kier molecular flexibility index (Phi) is 3.31. The van der Waals surface area contributed by atoms with Gasteiger partial charge >= 0.3 is 0 Å². The highest BCUT2D eigenvalue weighted by Gasteiger charge is 2.23. The molecule has 0 radical (unpaired) electrons. The van der Waals surface area contributed by atoms with Crippen molar-refractivity contribution in [3.63, 3.8) is 0 Å². The summed E-state index contributed by atoms with van der Waals surface area (Å²) in [5, 5.41) is 4.96. The normalized spacial score (nSPS) is 11.4. The van der Waals surface area contributed by atoms with Crippen molar-refractivity contribution in [2.24, 2.45) is 0 Å². The standard InChI is InChI=1S/C10H6BrFN2O3S/c11-6-1-2-8(7(12)5-6)18(16,17)10-4-3-9(15)13-14-10/h1-5H,(H,13,15). The Labute approximate surface area is 110 Å². The van der Waals surface area contributed by atoms with Crippen LogP contribution < -0.4 is 5.56 Å². The van der Waals surface area contributed by atoms with Gasteiger partial charge in [0.05, 0.1) is 0 Å². The minimum absolute atomic E-state index is 0.414. The van der Waals surface area contributed by atoms with Crippen LogP contribution in [0.4, 0.5) is 4.39 Å². The maximum Gasteiger partial charge on any atom is 0.264 e.